The molecule has 35 heavy (non-hydrogen) atoms. The second kappa shape index (κ2) is 10.0. The number of hydrogen-bond acceptors (Lipinski definition) is 4. The lowest BCUT2D eigenvalue weighted by atomic mass is 9.79. The smallest absolute Gasteiger partial charge is 0.423 e. The summed E-state index contributed by atoms with van der Waals surface area (Å²) in [5, 5.41) is 19.9. The Labute approximate surface area is 213 Å². The molecule has 0 radical (unpaired) electrons. The number of rotatable bonds is 5. The molecule has 0 aliphatic carbocycles. The van der Waals surface area contributed by atoms with E-state index in [2.05, 4.69) is 29.2 Å². The van der Waals surface area contributed by atoms with Crippen molar-refractivity contribution in [2.24, 2.45) is 0 Å². The molecule has 1 aromatic heterocycles. The highest BCUT2D eigenvalue weighted by Gasteiger charge is 2.15. The van der Waals surface area contributed by atoms with E-state index in [9.17, 15) is 10.0 Å². The fourth-order valence-electron chi connectivity index (χ4n) is 3.91. The van der Waals surface area contributed by atoms with Crippen molar-refractivity contribution in [1.82, 2.24) is 9.97 Å². The van der Waals surface area contributed by atoms with Gasteiger partial charge in [0.1, 0.15) is 5.15 Å². The molecule has 0 atom stereocenters. The van der Waals surface area contributed by atoms with Crippen LogP contribution in [0.4, 0.5) is 0 Å². The minimum atomic E-state index is -1.58. The molecule has 2 N–H and O–H groups in total. The van der Waals surface area contributed by atoms with Crippen molar-refractivity contribution in [3.8, 4) is 44.9 Å². The van der Waals surface area contributed by atoms with E-state index >= 15 is 0 Å². The molecule has 5 aromatic rings. The summed E-state index contributed by atoms with van der Waals surface area (Å²) in [5.41, 5.74) is 6.51. The van der Waals surface area contributed by atoms with Crippen LogP contribution < -0.4 is 5.46 Å². The van der Waals surface area contributed by atoms with Crippen molar-refractivity contribution in [2.75, 3.05) is 0 Å². The molecule has 0 amide bonds. The molecule has 170 valence electrons. The lowest BCUT2D eigenvalue weighted by Gasteiger charge is -2.10. The molecule has 0 bridgehead atoms. The van der Waals surface area contributed by atoms with Crippen LogP contribution in [0.15, 0.2) is 103 Å². The van der Waals surface area contributed by atoms with Crippen LogP contribution in [-0.4, -0.2) is 27.1 Å². The fraction of sp³-hybridized carbons (Fsp3) is 0. The molecule has 0 aliphatic rings. The molecule has 0 saturated carbocycles. The Kier molecular flexibility index (Phi) is 6.67. The van der Waals surface area contributed by atoms with Crippen LogP contribution in [0.5, 0.6) is 0 Å². The Morgan fingerprint density at radius 1 is 0.571 bits per heavy atom. The van der Waals surface area contributed by atoms with E-state index in [1.54, 1.807) is 24.3 Å². The van der Waals surface area contributed by atoms with E-state index in [0.29, 0.717) is 32.7 Å². The summed E-state index contributed by atoms with van der Waals surface area (Å²) < 4.78 is 0. The van der Waals surface area contributed by atoms with Crippen LogP contribution in [-0.2, 0) is 0 Å². The van der Waals surface area contributed by atoms with Gasteiger partial charge in [-0.05, 0) is 39.8 Å². The van der Waals surface area contributed by atoms with Crippen LogP contribution in [0.25, 0.3) is 44.9 Å². The van der Waals surface area contributed by atoms with Crippen LogP contribution in [0.1, 0.15) is 0 Å². The predicted molar refractivity (Wildman–Crippen MR) is 144 cm³/mol. The van der Waals surface area contributed by atoms with Crippen molar-refractivity contribution in [3.63, 3.8) is 0 Å². The SMILES string of the molecule is OB(O)c1ccc(Cl)c(-c2cccc(-c3nc(Cl)cc(-c4ccc(-c5ccccc5)cc4)n3)c2)c1. The summed E-state index contributed by atoms with van der Waals surface area (Å²) >= 11 is 12.8. The first-order valence-corrected chi connectivity index (χ1v) is 11.7. The van der Waals surface area contributed by atoms with Crippen molar-refractivity contribution in [3.05, 3.63) is 113 Å². The topological polar surface area (TPSA) is 66.2 Å². The van der Waals surface area contributed by atoms with Gasteiger partial charge in [0.05, 0.1) is 5.69 Å². The zero-order valence-electron chi connectivity index (χ0n) is 18.4. The molecule has 4 aromatic carbocycles. The Bertz CT molecular complexity index is 1490. The molecule has 7 heteroatoms. The monoisotopic (exact) mass is 496 g/mol. The van der Waals surface area contributed by atoms with E-state index in [1.165, 1.54) is 0 Å². The van der Waals surface area contributed by atoms with E-state index in [4.69, 9.17) is 28.2 Å². The van der Waals surface area contributed by atoms with Gasteiger partial charge in [-0.3, -0.25) is 0 Å². The van der Waals surface area contributed by atoms with E-state index in [1.807, 2.05) is 54.6 Å². The van der Waals surface area contributed by atoms with Crippen LogP contribution in [0.3, 0.4) is 0 Å². The molecule has 0 fully saturated rings. The van der Waals surface area contributed by atoms with Gasteiger partial charge in [0.25, 0.3) is 0 Å². The molecule has 1 heterocycles. The average molecular weight is 497 g/mol. The normalized spacial score (nSPS) is 10.9. The van der Waals surface area contributed by atoms with Crippen molar-refractivity contribution < 1.29 is 10.0 Å². The maximum Gasteiger partial charge on any atom is 0.488 e. The number of benzene rings is 4. The highest BCUT2D eigenvalue weighted by atomic mass is 35.5. The number of halogens is 2. The summed E-state index contributed by atoms with van der Waals surface area (Å²) in [4.78, 5) is 9.21. The predicted octanol–water partition coefficient (Wildman–Crippen LogP) is 6.13. The van der Waals surface area contributed by atoms with E-state index < -0.39 is 7.12 Å². The minimum absolute atomic E-state index is 0.339. The van der Waals surface area contributed by atoms with Gasteiger partial charge in [0, 0.05) is 22.2 Å². The second-order valence-corrected chi connectivity index (χ2v) is 8.83. The number of aromatic nitrogens is 2. The van der Waals surface area contributed by atoms with E-state index in [0.717, 1.165) is 27.8 Å². The van der Waals surface area contributed by atoms with Gasteiger partial charge >= 0.3 is 7.12 Å². The summed E-state index contributed by atoms with van der Waals surface area (Å²) in [5.74, 6) is 0.482. The molecule has 0 aliphatic heterocycles. The maximum atomic E-state index is 9.55. The van der Waals surface area contributed by atoms with Crippen LogP contribution in [0, 0.1) is 0 Å². The Morgan fingerprint density at radius 3 is 1.97 bits per heavy atom. The standard InChI is InChI=1S/C28H19BCl2N2O2/c30-25-14-13-23(29(34)35)16-24(25)21-7-4-8-22(15-21)28-32-26(17-27(31)33-28)20-11-9-19(10-12-20)18-5-2-1-3-6-18/h1-17,34-35H. The molecule has 4 nitrogen and oxygen atoms in total. The van der Waals surface area contributed by atoms with Gasteiger partial charge in [-0.25, -0.2) is 9.97 Å². The third-order valence-electron chi connectivity index (χ3n) is 5.70. The highest BCUT2D eigenvalue weighted by Crippen LogP contribution is 2.31. The Balaban J connectivity index is 1.51. The lowest BCUT2D eigenvalue weighted by Crippen LogP contribution is -2.29. The molecule has 5 rings (SSSR count). The first-order chi connectivity index (χ1) is 17.0. The lowest BCUT2D eigenvalue weighted by molar-refractivity contribution is 0.426. The maximum absolute atomic E-state index is 9.55. The Morgan fingerprint density at radius 2 is 1.23 bits per heavy atom. The zero-order valence-corrected chi connectivity index (χ0v) is 19.9. The van der Waals surface area contributed by atoms with Gasteiger partial charge < -0.3 is 10.0 Å². The summed E-state index contributed by atoms with van der Waals surface area (Å²) in [7, 11) is -1.58. The summed E-state index contributed by atoms with van der Waals surface area (Å²) in [6.45, 7) is 0. The van der Waals surface area contributed by atoms with Crippen molar-refractivity contribution in [2.45, 2.75) is 0 Å². The van der Waals surface area contributed by atoms with Gasteiger partial charge in [-0.2, -0.15) is 0 Å². The summed E-state index contributed by atoms with van der Waals surface area (Å²) in [6.07, 6.45) is 0. The second-order valence-electron chi connectivity index (χ2n) is 8.04. The quantitative estimate of drug-likeness (QED) is 0.227. The molecule has 0 saturated heterocycles. The largest absolute Gasteiger partial charge is 0.488 e. The van der Waals surface area contributed by atoms with Crippen LogP contribution >= 0.6 is 23.2 Å². The van der Waals surface area contributed by atoms with Gasteiger partial charge in [0.2, 0.25) is 0 Å². The van der Waals surface area contributed by atoms with Gasteiger partial charge in [0.15, 0.2) is 5.82 Å². The molecule has 0 spiro atoms. The van der Waals surface area contributed by atoms with Crippen molar-refractivity contribution >= 4 is 35.8 Å². The fourth-order valence-corrected chi connectivity index (χ4v) is 4.32. The minimum Gasteiger partial charge on any atom is -0.423 e. The van der Waals surface area contributed by atoms with Gasteiger partial charge in [-0.15, -0.1) is 0 Å². The van der Waals surface area contributed by atoms with Crippen molar-refractivity contribution in [1.29, 1.82) is 0 Å². The van der Waals surface area contributed by atoms with Gasteiger partial charge in [-0.1, -0.05) is 108 Å². The average Bonchev–Trinajstić information content (AvgIpc) is 2.89. The Hall–Kier alpha value is -3.48. The summed E-state index contributed by atoms with van der Waals surface area (Å²) in [6, 6.07) is 32.5. The first-order valence-electron chi connectivity index (χ1n) is 10.9. The third kappa shape index (κ3) is 5.14. The first kappa shape index (κ1) is 23.3. The molecular weight excluding hydrogens is 478 g/mol. The van der Waals surface area contributed by atoms with Crippen LogP contribution in [0.2, 0.25) is 10.2 Å². The zero-order chi connectivity index (χ0) is 24.4. The number of hydrogen-bond donors (Lipinski definition) is 2. The molecule has 0 unspecified atom stereocenters. The molecular formula is C28H19BCl2N2O2. The highest BCUT2D eigenvalue weighted by molar-refractivity contribution is 6.58. The van der Waals surface area contributed by atoms with E-state index in [-0.39, 0.29) is 0 Å². The third-order valence-corrected chi connectivity index (χ3v) is 6.23. The number of nitrogens with zero attached hydrogens (tertiary/aromatic N) is 2.